The van der Waals surface area contributed by atoms with Gasteiger partial charge in [-0.25, -0.2) is 0 Å². The highest BCUT2D eigenvalue weighted by atomic mass is 16.6. The fourth-order valence-corrected chi connectivity index (χ4v) is 3.03. The predicted octanol–water partition coefficient (Wildman–Crippen LogP) is 4.66. The Hall–Kier alpha value is -3.48. The normalized spacial score (nSPS) is 15.1. The van der Waals surface area contributed by atoms with Gasteiger partial charge >= 0.3 is 0 Å². The van der Waals surface area contributed by atoms with Crippen LogP contribution in [0.1, 0.15) is 32.3 Å². The third-order valence-electron chi connectivity index (χ3n) is 4.52. The Morgan fingerprint density at radius 1 is 1.14 bits per heavy atom. The molecule has 0 bridgehead atoms. The maximum Gasteiger partial charge on any atom is 0.282 e. The number of hydrogen-bond acceptors (Lipinski definition) is 5. The molecule has 1 aliphatic rings. The number of nitro benzene ring substituents is 1. The summed E-state index contributed by atoms with van der Waals surface area (Å²) in [5.74, 6) is -0.251. The molecule has 2 aromatic rings. The topological polar surface area (TPSA) is 87.8 Å². The number of non-ortho nitro benzene ring substituents is 1. The van der Waals surface area contributed by atoms with E-state index < -0.39 is 4.92 Å². The molecule has 1 amide bonds. The number of hydrazone groups is 1. The van der Waals surface area contributed by atoms with Crippen LogP contribution in [0.15, 0.2) is 65.4 Å². The molecule has 0 aromatic heterocycles. The van der Waals surface area contributed by atoms with Crippen LogP contribution in [0.5, 0.6) is 0 Å². The number of carbonyl (C=O) groups excluding carboxylic acids is 1. The molecule has 7 nitrogen and oxygen atoms in total. The van der Waals surface area contributed by atoms with E-state index in [2.05, 4.69) is 17.3 Å². The van der Waals surface area contributed by atoms with E-state index in [1.165, 1.54) is 29.3 Å². The number of anilines is 2. The number of amides is 1. The quantitative estimate of drug-likeness (QED) is 0.431. The van der Waals surface area contributed by atoms with E-state index in [1.54, 1.807) is 6.20 Å². The van der Waals surface area contributed by atoms with Crippen molar-refractivity contribution >= 4 is 28.7 Å². The minimum absolute atomic E-state index is 0.0261. The summed E-state index contributed by atoms with van der Waals surface area (Å²) >= 11 is 0. The number of nitro groups is 1. The maximum atomic E-state index is 13.0. The van der Waals surface area contributed by atoms with Gasteiger partial charge in [-0.2, -0.15) is 10.1 Å². The van der Waals surface area contributed by atoms with Crippen molar-refractivity contribution in [1.82, 2.24) is 0 Å². The summed E-state index contributed by atoms with van der Waals surface area (Å²) in [4.78, 5) is 23.3. The molecule has 2 aromatic carbocycles. The highest BCUT2D eigenvalue weighted by Gasteiger charge is 2.30. The number of carbonyl (C=O) groups is 1. The Kier molecular flexibility index (Phi) is 5.84. The van der Waals surface area contributed by atoms with Crippen molar-refractivity contribution in [2.24, 2.45) is 5.10 Å². The molecule has 144 valence electrons. The lowest BCUT2D eigenvalue weighted by atomic mass is 10.1. The standard InChI is InChI=1S/C21H22N4O3/c1-3-7-20-18(14-22-19-9-6-5-8-15(19)4-2)21(26)24(23-20)16-10-12-17(13-11-16)25(27)28/h5-6,8-14,22H,3-4,7H2,1-2H3/b18-14-. The zero-order valence-corrected chi connectivity index (χ0v) is 15.9. The number of para-hydroxylation sites is 1. The zero-order valence-electron chi connectivity index (χ0n) is 15.9. The van der Waals surface area contributed by atoms with Crippen molar-refractivity contribution in [2.45, 2.75) is 33.1 Å². The van der Waals surface area contributed by atoms with Crippen LogP contribution in [0.2, 0.25) is 0 Å². The molecule has 0 saturated carbocycles. The van der Waals surface area contributed by atoms with Crippen LogP contribution in [0.4, 0.5) is 17.1 Å². The molecule has 3 rings (SSSR count). The molecule has 1 heterocycles. The van der Waals surface area contributed by atoms with Gasteiger partial charge in [0.15, 0.2) is 0 Å². The molecule has 28 heavy (non-hydrogen) atoms. The summed E-state index contributed by atoms with van der Waals surface area (Å²) in [6.45, 7) is 4.10. The fraction of sp³-hybridized carbons (Fsp3) is 0.238. The first kappa shape index (κ1) is 19.3. The van der Waals surface area contributed by atoms with E-state index in [-0.39, 0.29) is 11.6 Å². The lowest BCUT2D eigenvalue weighted by Crippen LogP contribution is -2.22. The molecule has 0 spiro atoms. The number of benzene rings is 2. The van der Waals surface area contributed by atoms with Crippen LogP contribution in [0.3, 0.4) is 0 Å². The predicted molar refractivity (Wildman–Crippen MR) is 110 cm³/mol. The molecular weight excluding hydrogens is 356 g/mol. The van der Waals surface area contributed by atoms with E-state index in [9.17, 15) is 14.9 Å². The Morgan fingerprint density at radius 3 is 2.50 bits per heavy atom. The lowest BCUT2D eigenvalue weighted by Gasteiger charge is -2.11. The Morgan fingerprint density at radius 2 is 1.86 bits per heavy atom. The Bertz CT molecular complexity index is 948. The summed E-state index contributed by atoms with van der Waals surface area (Å²) < 4.78 is 0. The minimum Gasteiger partial charge on any atom is -0.361 e. The van der Waals surface area contributed by atoms with E-state index in [0.29, 0.717) is 23.4 Å². The molecule has 7 heteroatoms. The summed E-state index contributed by atoms with van der Waals surface area (Å²) in [5.41, 5.74) is 3.79. The fourth-order valence-electron chi connectivity index (χ4n) is 3.03. The van der Waals surface area contributed by atoms with Crippen molar-refractivity contribution in [3.8, 4) is 0 Å². The summed E-state index contributed by atoms with van der Waals surface area (Å²) in [6.07, 6.45) is 4.10. The molecule has 0 radical (unpaired) electrons. The average molecular weight is 378 g/mol. The molecule has 0 unspecified atom stereocenters. The monoisotopic (exact) mass is 378 g/mol. The third-order valence-corrected chi connectivity index (χ3v) is 4.52. The van der Waals surface area contributed by atoms with Gasteiger partial charge in [-0.1, -0.05) is 38.5 Å². The van der Waals surface area contributed by atoms with Crippen LogP contribution < -0.4 is 10.3 Å². The van der Waals surface area contributed by atoms with Gasteiger partial charge in [0.1, 0.15) is 0 Å². The molecule has 1 aliphatic heterocycles. The van der Waals surface area contributed by atoms with Crippen LogP contribution in [-0.4, -0.2) is 16.5 Å². The van der Waals surface area contributed by atoms with E-state index in [4.69, 9.17) is 0 Å². The SMILES string of the molecule is CCCC1=NN(c2ccc([N+](=O)[O-])cc2)C(=O)/C1=C\Nc1ccccc1CC. The van der Waals surface area contributed by atoms with Gasteiger partial charge in [0.25, 0.3) is 11.6 Å². The maximum absolute atomic E-state index is 13.0. The molecule has 0 aliphatic carbocycles. The minimum atomic E-state index is -0.470. The van der Waals surface area contributed by atoms with E-state index in [1.807, 2.05) is 31.2 Å². The lowest BCUT2D eigenvalue weighted by molar-refractivity contribution is -0.384. The average Bonchev–Trinajstić information content (AvgIpc) is 3.02. The molecule has 0 atom stereocenters. The summed E-state index contributed by atoms with van der Waals surface area (Å²) in [5, 5.41) is 19.8. The number of aryl methyl sites for hydroxylation is 1. The van der Waals surface area contributed by atoms with Crippen molar-refractivity contribution in [2.75, 3.05) is 10.3 Å². The van der Waals surface area contributed by atoms with Gasteiger partial charge in [0.2, 0.25) is 0 Å². The first-order valence-corrected chi connectivity index (χ1v) is 9.26. The van der Waals surface area contributed by atoms with Crippen molar-refractivity contribution in [3.05, 3.63) is 76.0 Å². The number of nitrogens with one attached hydrogen (secondary N) is 1. The largest absolute Gasteiger partial charge is 0.361 e. The molecule has 1 N–H and O–H groups in total. The molecule has 0 fully saturated rings. The van der Waals surface area contributed by atoms with Crippen molar-refractivity contribution in [3.63, 3.8) is 0 Å². The molecular formula is C21H22N4O3. The zero-order chi connectivity index (χ0) is 20.1. The van der Waals surface area contributed by atoms with Gasteiger partial charge in [0, 0.05) is 24.0 Å². The van der Waals surface area contributed by atoms with Gasteiger partial charge in [0.05, 0.1) is 21.9 Å². The van der Waals surface area contributed by atoms with Gasteiger partial charge in [-0.05, 0) is 36.6 Å². The van der Waals surface area contributed by atoms with Crippen LogP contribution in [0.25, 0.3) is 0 Å². The second kappa shape index (κ2) is 8.47. The van der Waals surface area contributed by atoms with Crippen molar-refractivity contribution in [1.29, 1.82) is 0 Å². The summed E-state index contributed by atoms with van der Waals surface area (Å²) in [7, 11) is 0. The van der Waals surface area contributed by atoms with Crippen molar-refractivity contribution < 1.29 is 9.72 Å². The second-order valence-corrected chi connectivity index (χ2v) is 6.40. The highest BCUT2D eigenvalue weighted by molar-refractivity contribution is 6.30. The first-order valence-electron chi connectivity index (χ1n) is 9.26. The van der Waals surface area contributed by atoms with Crippen LogP contribution in [-0.2, 0) is 11.2 Å². The number of nitrogens with zero attached hydrogens (tertiary/aromatic N) is 3. The Labute approximate surface area is 163 Å². The van der Waals surface area contributed by atoms with E-state index >= 15 is 0 Å². The second-order valence-electron chi connectivity index (χ2n) is 6.40. The van der Waals surface area contributed by atoms with Gasteiger partial charge in [-0.15, -0.1) is 0 Å². The number of rotatable bonds is 7. The van der Waals surface area contributed by atoms with Crippen LogP contribution >= 0.6 is 0 Å². The van der Waals surface area contributed by atoms with Gasteiger partial charge in [-0.3, -0.25) is 14.9 Å². The molecule has 0 saturated heterocycles. The number of hydrogen-bond donors (Lipinski definition) is 1. The summed E-state index contributed by atoms with van der Waals surface area (Å²) in [6, 6.07) is 13.8. The van der Waals surface area contributed by atoms with E-state index in [0.717, 1.165) is 24.1 Å². The smallest absolute Gasteiger partial charge is 0.282 e. The highest BCUT2D eigenvalue weighted by Crippen LogP contribution is 2.27. The van der Waals surface area contributed by atoms with Gasteiger partial charge < -0.3 is 5.32 Å². The Balaban J connectivity index is 1.88. The van der Waals surface area contributed by atoms with Crippen LogP contribution in [0, 0.1) is 10.1 Å². The third kappa shape index (κ3) is 3.93. The first-order chi connectivity index (χ1) is 13.5.